The lowest BCUT2D eigenvalue weighted by molar-refractivity contribution is -0.175. The number of aliphatic hydroxyl groups is 1. The monoisotopic (exact) mass is 482 g/mol. The summed E-state index contributed by atoms with van der Waals surface area (Å²) < 4.78 is 0. The zero-order valence-corrected chi connectivity index (χ0v) is 18.9. The summed E-state index contributed by atoms with van der Waals surface area (Å²) in [7, 11) is 0. The van der Waals surface area contributed by atoms with Crippen LogP contribution in [0.5, 0.6) is 5.75 Å². The predicted octanol–water partition coefficient (Wildman–Crippen LogP) is -0.631. The average Bonchev–Trinajstić information content (AvgIpc) is 3.33. The number of phenolic OH excluding ortho intramolecular Hbond substituents is 1. The zero-order chi connectivity index (χ0) is 25.2. The van der Waals surface area contributed by atoms with Crippen LogP contribution >= 0.6 is 0 Å². The van der Waals surface area contributed by atoms with Crippen molar-refractivity contribution >= 4 is 40.7 Å². The average molecular weight is 482 g/mol. The Bertz CT molecular complexity index is 1220. The van der Waals surface area contributed by atoms with Gasteiger partial charge < -0.3 is 26.6 Å². The smallest absolute Gasteiger partial charge is 0.235 e. The van der Waals surface area contributed by atoms with Crippen molar-refractivity contribution in [1.29, 1.82) is 0 Å². The van der Waals surface area contributed by atoms with E-state index in [1.807, 2.05) is 4.90 Å². The molecule has 4 aliphatic rings. The van der Waals surface area contributed by atoms with Crippen molar-refractivity contribution in [1.82, 2.24) is 4.90 Å². The lowest BCUT2D eigenvalue weighted by atomic mass is 9.54. The van der Waals surface area contributed by atoms with E-state index in [1.54, 1.807) is 6.07 Å². The molecule has 1 amide bonds. The van der Waals surface area contributed by atoms with Crippen molar-refractivity contribution in [2.24, 2.45) is 40.1 Å². The van der Waals surface area contributed by atoms with Gasteiger partial charge in [0.1, 0.15) is 5.75 Å². The Labute approximate surface area is 200 Å². The van der Waals surface area contributed by atoms with Gasteiger partial charge in [-0.3, -0.25) is 24.0 Å². The number of rotatable bonds is 2. The number of carbonyl (C=O) groups excluding carboxylic acids is 5. The summed E-state index contributed by atoms with van der Waals surface area (Å²) in [6.45, 7) is 1.53. The number of hydrogen-bond donors (Lipinski definition) is 4. The number of guanidine groups is 1. The maximum Gasteiger partial charge on any atom is 0.235 e. The van der Waals surface area contributed by atoms with Gasteiger partial charge in [-0.25, -0.2) is 4.99 Å². The van der Waals surface area contributed by atoms with Crippen molar-refractivity contribution in [3.63, 3.8) is 0 Å². The second kappa shape index (κ2) is 7.98. The van der Waals surface area contributed by atoms with Crippen molar-refractivity contribution in [3.8, 4) is 5.75 Å². The van der Waals surface area contributed by atoms with Gasteiger partial charge in [-0.2, -0.15) is 0 Å². The maximum atomic E-state index is 13.5. The molecular formula is C24H26N4O7. The highest BCUT2D eigenvalue weighted by atomic mass is 16.3. The van der Waals surface area contributed by atoms with E-state index in [4.69, 9.17) is 11.5 Å². The number of nitrogens with zero attached hydrogens (tertiary/aromatic N) is 2. The quantitative estimate of drug-likeness (QED) is 0.241. The number of nitrogens with two attached hydrogens (primary N) is 2. The van der Waals surface area contributed by atoms with Crippen LogP contribution in [0, 0.1) is 23.7 Å². The van der Waals surface area contributed by atoms with Crippen molar-refractivity contribution in [2.75, 3.05) is 13.1 Å². The second-order valence-electron chi connectivity index (χ2n) is 9.86. The van der Waals surface area contributed by atoms with E-state index in [1.165, 1.54) is 6.07 Å². The van der Waals surface area contributed by atoms with Gasteiger partial charge in [0.25, 0.3) is 0 Å². The van der Waals surface area contributed by atoms with Gasteiger partial charge in [0.2, 0.25) is 5.91 Å². The Morgan fingerprint density at radius 3 is 2.40 bits per heavy atom. The topological polar surface area (TPSA) is 193 Å². The lowest BCUT2D eigenvalue weighted by Crippen LogP contribution is -2.68. The van der Waals surface area contributed by atoms with E-state index >= 15 is 0 Å². The molecule has 5 atom stereocenters. The predicted molar refractivity (Wildman–Crippen MR) is 121 cm³/mol. The van der Waals surface area contributed by atoms with Gasteiger partial charge in [0, 0.05) is 25.4 Å². The number of benzene rings is 1. The Morgan fingerprint density at radius 1 is 1.06 bits per heavy atom. The minimum absolute atomic E-state index is 0.0292. The largest absolute Gasteiger partial charge is 0.507 e. The van der Waals surface area contributed by atoms with E-state index in [2.05, 4.69) is 4.99 Å². The van der Waals surface area contributed by atoms with Gasteiger partial charge >= 0.3 is 0 Å². The third-order valence-corrected chi connectivity index (χ3v) is 7.93. The van der Waals surface area contributed by atoms with Crippen LogP contribution in [0.25, 0.3) is 0 Å². The summed E-state index contributed by atoms with van der Waals surface area (Å²) in [5.41, 5.74) is 9.43. The van der Waals surface area contributed by atoms with Gasteiger partial charge in [0.15, 0.2) is 40.6 Å². The van der Waals surface area contributed by atoms with E-state index < -0.39 is 58.3 Å². The summed E-state index contributed by atoms with van der Waals surface area (Å²) in [5, 5.41) is 21.7. The highest BCUT2D eigenvalue weighted by molar-refractivity contribution is 6.31. The number of fused-ring (bicyclic) bond motifs is 3. The first kappa shape index (κ1) is 23.2. The van der Waals surface area contributed by atoms with E-state index in [0.29, 0.717) is 17.2 Å². The molecule has 3 aliphatic carbocycles. The number of amides is 1. The zero-order valence-electron chi connectivity index (χ0n) is 18.9. The molecule has 5 rings (SSSR count). The summed E-state index contributed by atoms with van der Waals surface area (Å²) in [4.78, 5) is 70.5. The van der Waals surface area contributed by atoms with Crippen LogP contribution < -0.4 is 11.5 Å². The molecule has 35 heavy (non-hydrogen) atoms. The van der Waals surface area contributed by atoms with E-state index in [0.717, 1.165) is 25.9 Å². The Kier molecular flexibility index (Phi) is 5.28. The Hall–Kier alpha value is -3.60. The number of primary amides is 1. The SMILES string of the molecule is NC(=O)C1C(=O)C[C@@H]2C[C@@H]3Cc4c(N=C(N)N5CCCC5)ccc(O)c4C(=O)C3C(=O)[C@]2(O)C1=O. The molecule has 1 aliphatic heterocycles. The molecule has 3 fully saturated rings. The molecule has 1 saturated heterocycles. The molecule has 1 aromatic rings. The third-order valence-electron chi connectivity index (χ3n) is 7.93. The fourth-order valence-corrected chi connectivity index (χ4v) is 6.20. The van der Waals surface area contributed by atoms with Crippen LogP contribution in [-0.2, 0) is 25.6 Å². The maximum absolute atomic E-state index is 13.5. The first-order valence-electron chi connectivity index (χ1n) is 11.7. The second-order valence-corrected chi connectivity index (χ2v) is 9.86. The van der Waals surface area contributed by atoms with Gasteiger partial charge in [-0.1, -0.05) is 0 Å². The van der Waals surface area contributed by atoms with Crippen LogP contribution in [0.3, 0.4) is 0 Å². The molecule has 11 nitrogen and oxygen atoms in total. The molecule has 0 aromatic heterocycles. The van der Waals surface area contributed by atoms with Gasteiger partial charge in [-0.05, 0) is 49.3 Å². The van der Waals surface area contributed by atoms with Crippen LogP contribution in [-0.4, -0.2) is 68.8 Å². The number of carbonyl (C=O) groups is 5. The fraction of sp³-hybridized carbons (Fsp3) is 0.500. The molecule has 6 N–H and O–H groups in total. The molecule has 2 saturated carbocycles. The Morgan fingerprint density at radius 2 is 1.74 bits per heavy atom. The highest BCUT2D eigenvalue weighted by Crippen LogP contribution is 2.51. The summed E-state index contributed by atoms with van der Waals surface area (Å²) in [6, 6.07) is 2.85. The number of ketones is 4. The van der Waals surface area contributed by atoms with Crippen LogP contribution in [0.4, 0.5) is 5.69 Å². The highest BCUT2D eigenvalue weighted by Gasteiger charge is 2.66. The van der Waals surface area contributed by atoms with Crippen molar-refractivity contribution in [2.45, 2.75) is 37.7 Å². The molecule has 184 valence electrons. The van der Waals surface area contributed by atoms with Crippen LogP contribution in [0.2, 0.25) is 0 Å². The summed E-state index contributed by atoms with van der Waals surface area (Å²) >= 11 is 0. The van der Waals surface area contributed by atoms with Gasteiger partial charge in [0.05, 0.1) is 17.2 Å². The van der Waals surface area contributed by atoms with E-state index in [-0.39, 0.29) is 30.6 Å². The molecule has 0 spiro atoms. The van der Waals surface area contributed by atoms with Crippen molar-refractivity contribution < 1.29 is 34.2 Å². The first-order valence-corrected chi connectivity index (χ1v) is 11.7. The third kappa shape index (κ3) is 3.28. The molecule has 2 unspecified atom stereocenters. The number of phenols is 1. The number of Topliss-reactive ketones (excluding diaryl/α,β-unsaturated/α-hetero) is 4. The molecular weight excluding hydrogens is 456 g/mol. The Balaban J connectivity index is 1.56. The molecule has 11 heteroatoms. The van der Waals surface area contributed by atoms with Crippen molar-refractivity contribution in [3.05, 3.63) is 23.3 Å². The minimum atomic E-state index is -2.66. The summed E-state index contributed by atoms with van der Waals surface area (Å²) in [5.74, 6) is -10.1. The number of likely N-dealkylation sites (tertiary alicyclic amines) is 1. The number of aromatic hydroxyl groups is 1. The van der Waals surface area contributed by atoms with E-state index in [9.17, 15) is 34.2 Å². The molecule has 0 radical (unpaired) electrons. The standard InChI is InChI=1S/C24H26N4O7/c25-22(34)18-15(30)9-11-7-10-8-12-13(27-23(26)28-5-1-2-6-28)3-4-14(29)17(12)19(31)16(10)20(32)24(11,35)21(18)33/h3-4,10-11,16,18,29,35H,1-2,5-9H2,(H2,25,34)(H2,26,27)/t10-,11+,16?,18?,24+/m1/s1. The fourth-order valence-electron chi connectivity index (χ4n) is 6.20. The number of aliphatic imine (C=N–C) groups is 1. The molecule has 1 heterocycles. The number of hydrogen-bond acceptors (Lipinski definition) is 8. The lowest BCUT2D eigenvalue weighted by Gasteiger charge is -2.48. The minimum Gasteiger partial charge on any atom is -0.507 e. The summed E-state index contributed by atoms with van der Waals surface area (Å²) in [6.07, 6.45) is 1.80. The first-order chi connectivity index (χ1) is 16.6. The molecule has 0 bridgehead atoms. The van der Waals surface area contributed by atoms with Crippen LogP contribution in [0.15, 0.2) is 17.1 Å². The molecule has 1 aromatic carbocycles. The van der Waals surface area contributed by atoms with Crippen LogP contribution in [0.1, 0.15) is 41.6 Å². The van der Waals surface area contributed by atoms with Gasteiger partial charge in [-0.15, -0.1) is 0 Å². The normalized spacial score (nSPS) is 32.8.